The zero-order valence-corrected chi connectivity index (χ0v) is 13.3. The summed E-state index contributed by atoms with van der Waals surface area (Å²) in [7, 11) is 0. The maximum atomic E-state index is 12.5. The highest BCUT2D eigenvalue weighted by Crippen LogP contribution is 2.16. The average molecular weight is 329 g/mol. The number of rotatable bonds is 4. The van der Waals surface area contributed by atoms with Crippen molar-refractivity contribution in [2.24, 2.45) is 0 Å². The normalized spacial score (nSPS) is 10.9. The van der Waals surface area contributed by atoms with Gasteiger partial charge in [0, 0.05) is 22.5 Å². The Kier molecular flexibility index (Phi) is 3.74. The van der Waals surface area contributed by atoms with Crippen LogP contribution in [0.25, 0.3) is 22.2 Å². The molecule has 0 saturated carbocycles. The number of aromatic nitrogens is 3. The Hall–Kier alpha value is -3.47. The van der Waals surface area contributed by atoms with Crippen molar-refractivity contribution >= 4 is 16.7 Å². The second-order valence-corrected chi connectivity index (χ2v) is 5.80. The highest BCUT2D eigenvalue weighted by molar-refractivity contribution is 5.99. The second kappa shape index (κ2) is 6.20. The maximum absolute atomic E-state index is 12.5. The Morgan fingerprint density at radius 3 is 2.52 bits per heavy atom. The molecule has 0 atom stereocenters. The van der Waals surface area contributed by atoms with E-state index in [2.05, 4.69) is 9.97 Å². The summed E-state index contributed by atoms with van der Waals surface area (Å²) in [5.74, 6) is -0.160. The van der Waals surface area contributed by atoms with Crippen LogP contribution in [0, 0.1) is 0 Å². The van der Waals surface area contributed by atoms with Gasteiger partial charge < -0.3 is 4.98 Å². The largest absolute Gasteiger partial charge is 0.352 e. The van der Waals surface area contributed by atoms with Gasteiger partial charge in [-0.15, -0.1) is 0 Å². The molecule has 0 spiro atoms. The molecule has 4 rings (SSSR count). The first-order valence-corrected chi connectivity index (χ1v) is 7.93. The van der Waals surface area contributed by atoms with Gasteiger partial charge in [-0.2, -0.15) is 0 Å². The molecule has 5 nitrogen and oxygen atoms in total. The number of ketones is 1. The Labute approximate surface area is 143 Å². The predicted molar refractivity (Wildman–Crippen MR) is 96.6 cm³/mol. The fraction of sp³-hybridized carbons (Fsp3) is 0.0500. The lowest BCUT2D eigenvalue weighted by atomic mass is 10.1. The number of Topliss-reactive ketones (excluding diaryl/α,β-unsaturated/α-hetero) is 1. The van der Waals surface area contributed by atoms with Crippen molar-refractivity contribution in [1.29, 1.82) is 0 Å². The first-order valence-electron chi connectivity index (χ1n) is 7.93. The third-order valence-corrected chi connectivity index (χ3v) is 4.09. The number of H-pyrrole nitrogens is 1. The van der Waals surface area contributed by atoms with Crippen LogP contribution in [0.15, 0.2) is 77.9 Å². The fourth-order valence-electron chi connectivity index (χ4n) is 2.77. The van der Waals surface area contributed by atoms with E-state index >= 15 is 0 Å². The molecule has 4 aromatic rings. The van der Waals surface area contributed by atoms with Gasteiger partial charge in [0.25, 0.3) is 5.56 Å². The van der Waals surface area contributed by atoms with Gasteiger partial charge in [0.2, 0.25) is 0 Å². The molecular weight excluding hydrogens is 314 g/mol. The summed E-state index contributed by atoms with van der Waals surface area (Å²) < 4.78 is 1.32. The molecule has 0 amide bonds. The lowest BCUT2D eigenvalue weighted by Gasteiger charge is -2.05. The third-order valence-electron chi connectivity index (χ3n) is 4.09. The number of benzene rings is 2. The second-order valence-electron chi connectivity index (χ2n) is 5.80. The summed E-state index contributed by atoms with van der Waals surface area (Å²) in [6.45, 7) is -0.0479. The van der Waals surface area contributed by atoms with Gasteiger partial charge in [-0.25, -0.2) is 4.98 Å². The quantitative estimate of drug-likeness (QED) is 0.584. The highest BCUT2D eigenvalue weighted by Gasteiger charge is 2.12. The van der Waals surface area contributed by atoms with Crippen LogP contribution < -0.4 is 5.56 Å². The SMILES string of the molecule is O=C(Cn1cnc(-c2ccccc2)cc1=O)c1cc2ccccc2[nH]1. The number of hydrogen-bond acceptors (Lipinski definition) is 3. The van der Waals surface area contributed by atoms with Crippen LogP contribution in [-0.4, -0.2) is 20.3 Å². The van der Waals surface area contributed by atoms with Gasteiger partial charge in [-0.3, -0.25) is 14.2 Å². The molecule has 0 aliphatic carbocycles. The minimum Gasteiger partial charge on any atom is -0.352 e. The molecule has 0 unspecified atom stereocenters. The first kappa shape index (κ1) is 15.1. The number of aromatic amines is 1. The molecule has 2 aromatic heterocycles. The number of carbonyl (C=O) groups is 1. The summed E-state index contributed by atoms with van der Waals surface area (Å²) in [5.41, 5.74) is 2.60. The molecule has 2 heterocycles. The van der Waals surface area contributed by atoms with E-state index in [9.17, 15) is 9.59 Å². The van der Waals surface area contributed by atoms with Gasteiger partial charge in [-0.1, -0.05) is 48.5 Å². The Morgan fingerprint density at radius 2 is 1.76 bits per heavy atom. The van der Waals surface area contributed by atoms with Crippen molar-refractivity contribution in [1.82, 2.24) is 14.5 Å². The Balaban J connectivity index is 1.60. The molecule has 2 aromatic carbocycles. The predicted octanol–water partition coefficient (Wildman–Crippen LogP) is 3.27. The molecule has 122 valence electrons. The number of nitrogens with zero attached hydrogens (tertiary/aromatic N) is 2. The highest BCUT2D eigenvalue weighted by atomic mass is 16.1. The zero-order chi connectivity index (χ0) is 17.2. The number of hydrogen-bond donors (Lipinski definition) is 1. The van der Waals surface area contributed by atoms with E-state index in [4.69, 9.17) is 0 Å². The average Bonchev–Trinajstić information content (AvgIpc) is 3.08. The molecule has 5 heteroatoms. The minimum atomic E-state index is -0.252. The third kappa shape index (κ3) is 2.99. The summed E-state index contributed by atoms with van der Waals surface area (Å²) in [6, 6.07) is 20.4. The standard InChI is InChI=1S/C20H15N3O2/c24-19(18-10-15-8-4-5-9-16(15)22-18)12-23-13-21-17(11-20(23)25)14-6-2-1-3-7-14/h1-11,13,22H,12H2. The van der Waals surface area contributed by atoms with Crippen LogP contribution in [0.5, 0.6) is 0 Å². The van der Waals surface area contributed by atoms with Gasteiger partial charge in [0.15, 0.2) is 5.78 Å². The van der Waals surface area contributed by atoms with Crippen LogP contribution in [0.1, 0.15) is 10.5 Å². The van der Waals surface area contributed by atoms with Gasteiger partial charge in [0.05, 0.1) is 24.3 Å². The first-order chi connectivity index (χ1) is 12.2. The van der Waals surface area contributed by atoms with Crippen molar-refractivity contribution in [3.05, 3.63) is 89.1 Å². The number of fused-ring (bicyclic) bond motifs is 1. The molecule has 0 aliphatic heterocycles. The van der Waals surface area contributed by atoms with Crippen LogP contribution in [0.4, 0.5) is 0 Å². The zero-order valence-electron chi connectivity index (χ0n) is 13.3. The smallest absolute Gasteiger partial charge is 0.254 e. The van der Waals surface area contributed by atoms with E-state index in [1.54, 1.807) is 6.07 Å². The van der Waals surface area contributed by atoms with Crippen LogP contribution in [0.2, 0.25) is 0 Å². The lowest BCUT2D eigenvalue weighted by molar-refractivity contribution is 0.0966. The summed E-state index contributed by atoms with van der Waals surface area (Å²) in [5, 5.41) is 0.968. The van der Waals surface area contributed by atoms with Crippen molar-refractivity contribution in [3.63, 3.8) is 0 Å². The number of nitrogens with one attached hydrogen (secondary N) is 1. The summed E-state index contributed by atoms with van der Waals surface area (Å²) in [6.07, 6.45) is 1.42. The van der Waals surface area contributed by atoms with Crippen LogP contribution in [-0.2, 0) is 6.54 Å². The number of carbonyl (C=O) groups excluding carboxylic acids is 1. The van der Waals surface area contributed by atoms with Crippen molar-refractivity contribution < 1.29 is 4.79 Å². The minimum absolute atomic E-state index is 0.0479. The van der Waals surface area contributed by atoms with E-state index in [1.165, 1.54) is 17.0 Å². The van der Waals surface area contributed by atoms with E-state index < -0.39 is 0 Å². The molecular formula is C20H15N3O2. The molecule has 1 N–H and O–H groups in total. The van der Waals surface area contributed by atoms with Gasteiger partial charge >= 0.3 is 0 Å². The molecule has 0 radical (unpaired) electrons. The monoisotopic (exact) mass is 329 g/mol. The van der Waals surface area contributed by atoms with E-state index in [0.717, 1.165) is 16.5 Å². The molecule has 0 fully saturated rings. The maximum Gasteiger partial charge on any atom is 0.254 e. The van der Waals surface area contributed by atoms with Gasteiger partial charge in [0.1, 0.15) is 0 Å². The van der Waals surface area contributed by atoms with Crippen LogP contribution >= 0.6 is 0 Å². The molecule has 0 bridgehead atoms. The fourth-order valence-corrected chi connectivity index (χ4v) is 2.77. The van der Waals surface area contributed by atoms with Crippen LogP contribution in [0.3, 0.4) is 0 Å². The topological polar surface area (TPSA) is 67.8 Å². The van der Waals surface area contributed by atoms with E-state index in [1.807, 2.05) is 54.6 Å². The summed E-state index contributed by atoms with van der Waals surface area (Å²) >= 11 is 0. The van der Waals surface area contributed by atoms with E-state index in [0.29, 0.717) is 11.4 Å². The van der Waals surface area contributed by atoms with Crippen molar-refractivity contribution in [2.45, 2.75) is 6.54 Å². The summed E-state index contributed by atoms with van der Waals surface area (Å²) in [4.78, 5) is 32.2. The van der Waals surface area contributed by atoms with Gasteiger partial charge in [-0.05, 0) is 12.1 Å². The van der Waals surface area contributed by atoms with E-state index in [-0.39, 0.29) is 17.9 Å². The van der Waals surface area contributed by atoms with Crippen molar-refractivity contribution in [3.8, 4) is 11.3 Å². The molecule has 0 saturated heterocycles. The number of para-hydroxylation sites is 1. The van der Waals surface area contributed by atoms with Crippen molar-refractivity contribution in [2.75, 3.05) is 0 Å². The molecule has 25 heavy (non-hydrogen) atoms. The Morgan fingerprint density at radius 1 is 1.00 bits per heavy atom. The lowest BCUT2D eigenvalue weighted by Crippen LogP contribution is -2.24. The molecule has 0 aliphatic rings. The Bertz CT molecular complexity index is 1080.